The molecule has 1 nitrogen and oxygen atoms in total. The van der Waals surface area contributed by atoms with Crippen LogP contribution >= 0.6 is 0 Å². The van der Waals surface area contributed by atoms with Crippen LogP contribution in [0.3, 0.4) is 0 Å². The van der Waals surface area contributed by atoms with Crippen molar-refractivity contribution in [1.29, 1.82) is 0 Å². The van der Waals surface area contributed by atoms with Crippen LogP contribution in [0.5, 0.6) is 0 Å². The van der Waals surface area contributed by atoms with Gasteiger partial charge in [0.25, 0.3) is 0 Å². The maximum atomic E-state index is 5.52. The topological polar surface area (TPSA) is 26.0 Å². The largest absolute Gasteiger partial charge is 0.324 e. The number of hydrogen-bond acceptors (Lipinski definition) is 1. The van der Waals surface area contributed by atoms with E-state index in [9.17, 15) is 0 Å². The highest BCUT2D eigenvalue weighted by Crippen LogP contribution is 1.86. The Morgan fingerprint density at radius 1 is 1.75 bits per heavy atom. The zero-order valence-electron chi connectivity index (χ0n) is 5.30. The fraction of sp³-hybridized carbons (Fsp3) is 0.429. The molecule has 0 saturated heterocycles. The van der Waals surface area contributed by atoms with Gasteiger partial charge in [0.15, 0.2) is 0 Å². The van der Waals surface area contributed by atoms with Crippen molar-refractivity contribution >= 4 is 0 Å². The lowest BCUT2D eigenvalue weighted by atomic mass is 10.2. The van der Waals surface area contributed by atoms with E-state index in [0.29, 0.717) is 0 Å². The Bertz CT molecular complexity index is 84.4. The molecule has 0 saturated carbocycles. The van der Waals surface area contributed by atoms with E-state index < -0.39 is 0 Å². The van der Waals surface area contributed by atoms with E-state index in [-0.39, 0.29) is 6.04 Å². The van der Waals surface area contributed by atoms with Crippen molar-refractivity contribution in [2.24, 2.45) is 5.73 Å². The number of rotatable bonds is 3. The normalized spacial score (nSPS) is 14.2. The Morgan fingerprint density at radius 3 is 2.75 bits per heavy atom. The zero-order valence-corrected chi connectivity index (χ0v) is 5.30. The monoisotopic (exact) mass is 111 g/mol. The number of nitrogens with two attached hydrogens (primary N) is 1. The summed E-state index contributed by atoms with van der Waals surface area (Å²) in [5, 5.41) is 0. The quantitative estimate of drug-likeness (QED) is 0.548. The second-order valence-electron chi connectivity index (χ2n) is 1.69. The Kier molecular flexibility index (Phi) is 4.27. The van der Waals surface area contributed by atoms with Gasteiger partial charge < -0.3 is 5.73 Å². The fourth-order valence-electron chi connectivity index (χ4n) is 0.357. The van der Waals surface area contributed by atoms with E-state index in [1.807, 2.05) is 12.2 Å². The summed E-state index contributed by atoms with van der Waals surface area (Å²) < 4.78 is 0. The molecule has 8 heavy (non-hydrogen) atoms. The third kappa shape index (κ3) is 3.62. The van der Waals surface area contributed by atoms with Gasteiger partial charge in [0.2, 0.25) is 0 Å². The van der Waals surface area contributed by atoms with E-state index in [0.717, 1.165) is 6.42 Å². The molecule has 1 unspecified atom stereocenters. The van der Waals surface area contributed by atoms with Crippen LogP contribution in [0.25, 0.3) is 0 Å². The molecular formula is C7H13N. The van der Waals surface area contributed by atoms with Gasteiger partial charge in [-0.1, -0.05) is 31.7 Å². The van der Waals surface area contributed by atoms with Gasteiger partial charge >= 0.3 is 0 Å². The molecule has 0 aliphatic rings. The molecule has 1 heteroatoms. The molecule has 0 aliphatic carbocycles. The summed E-state index contributed by atoms with van der Waals surface area (Å²) in [7, 11) is 0. The maximum Gasteiger partial charge on any atom is 0.0224 e. The summed E-state index contributed by atoms with van der Waals surface area (Å²) in [6.07, 6.45) is 6.53. The van der Waals surface area contributed by atoms with Crippen LogP contribution in [0, 0.1) is 0 Å². The minimum atomic E-state index is 0.202. The van der Waals surface area contributed by atoms with Gasteiger partial charge in [0, 0.05) is 6.04 Å². The lowest BCUT2D eigenvalue weighted by Gasteiger charge is -1.96. The van der Waals surface area contributed by atoms with Crippen molar-refractivity contribution in [2.75, 3.05) is 0 Å². The molecule has 46 valence electrons. The first kappa shape index (κ1) is 7.44. The smallest absolute Gasteiger partial charge is 0.0224 e. The van der Waals surface area contributed by atoms with E-state index in [4.69, 9.17) is 5.73 Å². The minimum Gasteiger partial charge on any atom is -0.324 e. The SMILES string of the molecule is C=C/C=C\C(N)CC. The van der Waals surface area contributed by atoms with Gasteiger partial charge in [-0.3, -0.25) is 0 Å². The molecule has 0 aliphatic heterocycles. The molecule has 0 bridgehead atoms. The Hall–Kier alpha value is -0.560. The number of hydrogen-bond donors (Lipinski definition) is 1. The summed E-state index contributed by atoms with van der Waals surface area (Å²) in [5.41, 5.74) is 5.52. The second-order valence-corrected chi connectivity index (χ2v) is 1.69. The predicted octanol–water partition coefficient (Wildman–Crippen LogP) is 1.47. The molecule has 0 radical (unpaired) electrons. The molecule has 0 spiro atoms. The van der Waals surface area contributed by atoms with Gasteiger partial charge in [-0.2, -0.15) is 0 Å². The van der Waals surface area contributed by atoms with E-state index in [1.54, 1.807) is 6.08 Å². The minimum absolute atomic E-state index is 0.202. The standard InChI is InChI=1S/C7H13N/c1-3-5-6-7(8)4-2/h3,5-7H,1,4,8H2,2H3/b6-5-. The fourth-order valence-corrected chi connectivity index (χ4v) is 0.357. The molecule has 2 N–H and O–H groups in total. The summed E-state index contributed by atoms with van der Waals surface area (Å²) in [5.74, 6) is 0. The maximum absolute atomic E-state index is 5.52. The highest BCUT2D eigenvalue weighted by atomic mass is 14.6. The first-order valence-corrected chi connectivity index (χ1v) is 2.86. The van der Waals surface area contributed by atoms with Crippen LogP contribution in [-0.4, -0.2) is 6.04 Å². The Morgan fingerprint density at radius 2 is 2.38 bits per heavy atom. The zero-order chi connectivity index (χ0) is 6.41. The molecule has 0 fully saturated rings. The van der Waals surface area contributed by atoms with E-state index in [2.05, 4.69) is 13.5 Å². The lowest BCUT2D eigenvalue weighted by molar-refractivity contribution is 0.782. The predicted molar refractivity (Wildman–Crippen MR) is 37.6 cm³/mol. The van der Waals surface area contributed by atoms with Gasteiger partial charge in [0.1, 0.15) is 0 Å². The van der Waals surface area contributed by atoms with Crippen LogP contribution in [-0.2, 0) is 0 Å². The third-order valence-electron chi connectivity index (χ3n) is 0.966. The van der Waals surface area contributed by atoms with Crippen LogP contribution in [0.2, 0.25) is 0 Å². The summed E-state index contributed by atoms with van der Waals surface area (Å²) >= 11 is 0. The lowest BCUT2D eigenvalue weighted by Crippen LogP contribution is -2.14. The van der Waals surface area contributed by atoms with E-state index in [1.165, 1.54) is 0 Å². The molecule has 0 aromatic heterocycles. The van der Waals surface area contributed by atoms with Gasteiger partial charge in [-0.25, -0.2) is 0 Å². The summed E-state index contributed by atoms with van der Waals surface area (Å²) in [4.78, 5) is 0. The molecule has 0 heterocycles. The van der Waals surface area contributed by atoms with Crippen LogP contribution in [0.4, 0.5) is 0 Å². The molecule has 0 aromatic carbocycles. The van der Waals surface area contributed by atoms with Gasteiger partial charge in [0.05, 0.1) is 0 Å². The molecule has 1 atom stereocenters. The first-order chi connectivity index (χ1) is 3.81. The van der Waals surface area contributed by atoms with Gasteiger partial charge in [-0.05, 0) is 6.42 Å². The van der Waals surface area contributed by atoms with Crippen LogP contribution in [0.1, 0.15) is 13.3 Å². The van der Waals surface area contributed by atoms with Crippen molar-refractivity contribution in [3.63, 3.8) is 0 Å². The summed E-state index contributed by atoms with van der Waals surface area (Å²) in [6, 6.07) is 0.202. The highest BCUT2D eigenvalue weighted by Gasteiger charge is 1.86. The van der Waals surface area contributed by atoms with Crippen LogP contribution < -0.4 is 5.73 Å². The Labute approximate surface area is 50.9 Å². The van der Waals surface area contributed by atoms with Crippen molar-refractivity contribution in [3.8, 4) is 0 Å². The Balaban J connectivity index is 3.35. The molecule has 0 amide bonds. The molecular weight excluding hydrogens is 98.1 g/mol. The van der Waals surface area contributed by atoms with Gasteiger partial charge in [-0.15, -0.1) is 0 Å². The van der Waals surface area contributed by atoms with Crippen LogP contribution in [0.15, 0.2) is 24.8 Å². The molecule has 0 aromatic rings. The van der Waals surface area contributed by atoms with Crippen molar-refractivity contribution < 1.29 is 0 Å². The van der Waals surface area contributed by atoms with Crippen molar-refractivity contribution in [1.82, 2.24) is 0 Å². The first-order valence-electron chi connectivity index (χ1n) is 2.86. The average molecular weight is 111 g/mol. The average Bonchev–Trinajstić information content (AvgIpc) is 1.83. The highest BCUT2D eigenvalue weighted by molar-refractivity contribution is 5.01. The van der Waals surface area contributed by atoms with Crippen molar-refractivity contribution in [3.05, 3.63) is 24.8 Å². The summed E-state index contributed by atoms with van der Waals surface area (Å²) in [6.45, 7) is 5.58. The second kappa shape index (κ2) is 4.60. The number of allylic oxidation sites excluding steroid dienone is 2. The molecule has 0 rings (SSSR count). The third-order valence-corrected chi connectivity index (χ3v) is 0.966. The van der Waals surface area contributed by atoms with Crippen molar-refractivity contribution in [2.45, 2.75) is 19.4 Å². The van der Waals surface area contributed by atoms with E-state index >= 15 is 0 Å².